The van der Waals surface area contributed by atoms with Crippen molar-refractivity contribution in [1.29, 1.82) is 0 Å². The first kappa shape index (κ1) is 13.5. The van der Waals surface area contributed by atoms with Gasteiger partial charge in [0.05, 0.1) is 18.9 Å². The summed E-state index contributed by atoms with van der Waals surface area (Å²) < 4.78 is 9.94. The predicted octanol–water partition coefficient (Wildman–Crippen LogP) is 0.738. The summed E-state index contributed by atoms with van der Waals surface area (Å²) in [6.07, 6.45) is 0. The normalized spacial score (nSPS) is 21.9. The summed E-state index contributed by atoms with van der Waals surface area (Å²) in [5.41, 5.74) is 0.927. The number of carbonyl (C=O) groups is 2. The molecule has 0 radical (unpaired) electrons. The molecule has 0 amide bonds. The van der Waals surface area contributed by atoms with E-state index in [2.05, 4.69) is 5.32 Å². The first-order valence-corrected chi connectivity index (χ1v) is 6.21. The second-order valence-corrected chi connectivity index (χ2v) is 4.49. The van der Waals surface area contributed by atoms with Crippen molar-refractivity contribution in [3.8, 4) is 0 Å². The molecule has 19 heavy (non-hydrogen) atoms. The molecule has 5 heteroatoms. The highest BCUT2D eigenvalue weighted by Gasteiger charge is 2.39. The average molecular weight is 263 g/mol. The number of esters is 2. The SMILES string of the molecule is COC(=O)C1CNCC1C(=O)OCc1ccccc1. The first-order chi connectivity index (χ1) is 9.22. The maximum atomic E-state index is 12.0. The van der Waals surface area contributed by atoms with Crippen molar-refractivity contribution in [1.82, 2.24) is 5.32 Å². The number of benzene rings is 1. The summed E-state index contributed by atoms with van der Waals surface area (Å²) in [6, 6.07) is 9.45. The predicted molar refractivity (Wildman–Crippen MR) is 68.1 cm³/mol. The van der Waals surface area contributed by atoms with E-state index in [1.807, 2.05) is 30.3 Å². The maximum absolute atomic E-state index is 12.0. The third-order valence-electron chi connectivity index (χ3n) is 3.24. The van der Waals surface area contributed by atoms with Gasteiger partial charge in [0.2, 0.25) is 0 Å². The van der Waals surface area contributed by atoms with E-state index in [0.717, 1.165) is 5.56 Å². The van der Waals surface area contributed by atoms with Crippen LogP contribution < -0.4 is 5.32 Å². The van der Waals surface area contributed by atoms with Gasteiger partial charge in [-0.2, -0.15) is 0 Å². The van der Waals surface area contributed by atoms with Crippen molar-refractivity contribution in [2.24, 2.45) is 11.8 Å². The van der Waals surface area contributed by atoms with E-state index >= 15 is 0 Å². The highest BCUT2D eigenvalue weighted by Crippen LogP contribution is 2.20. The molecule has 0 saturated carbocycles. The molecule has 1 N–H and O–H groups in total. The summed E-state index contributed by atoms with van der Waals surface area (Å²) >= 11 is 0. The fourth-order valence-corrected chi connectivity index (χ4v) is 2.16. The average Bonchev–Trinajstić information content (AvgIpc) is 2.94. The largest absolute Gasteiger partial charge is 0.469 e. The number of nitrogens with one attached hydrogen (secondary N) is 1. The third-order valence-corrected chi connectivity index (χ3v) is 3.24. The number of rotatable bonds is 4. The van der Waals surface area contributed by atoms with Gasteiger partial charge in [0.1, 0.15) is 6.61 Å². The Morgan fingerprint density at radius 1 is 1.16 bits per heavy atom. The molecular formula is C14H17NO4. The Balaban J connectivity index is 1.90. The van der Waals surface area contributed by atoms with Gasteiger partial charge in [0.15, 0.2) is 0 Å². The van der Waals surface area contributed by atoms with Crippen LogP contribution in [-0.4, -0.2) is 32.1 Å². The first-order valence-electron chi connectivity index (χ1n) is 6.21. The molecule has 1 saturated heterocycles. The van der Waals surface area contributed by atoms with E-state index in [1.165, 1.54) is 7.11 Å². The van der Waals surface area contributed by atoms with E-state index in [4.69, 9.17) is 9.47 Å². The molecule has 0 aromatic heterocycles. The summed E-state index contributed by atoms with van der Waals surface area (Å²) in [5.74, 6) is -1.64. The summed E-state index contributed by atoms with van der Waals surface area (Å²) in [4.78, 5) is 23.5. The molecule has 1 aromatic carbocycles. The Bertz CT molecular complexity index is 446. The van der Waals surface area contributed by atoms with Crippen LogP contribution in [0.2, 0.25) is 0 Å². The van der Waals surface area contributed by atoms with E-state index in [9.17, 15) is 9.59 Å². The lowest BCUT2D eigenvalue weighted by Crippen LogP contribution is -2.30. The molecule has 2 rings (SSSR count). The minimum atomic E-state index is -0.462. The molecule has 1 heterocycles. The smallest absolute Gasteiger partial charge is 0.311 e. The molecular weight excluding hydrogens is 246 g/mol. The topological polar surface area (TPSA) is 64.6 Å². The van der Waals surface area contributed by atoms with Crippen LogP contribution in [0.4, 0.5) is 0 Å². The van der Waals surface area contributed by atoms with E-state index in [1.54, 1.807) is 0 Å². The third kappa shape index (κ3) is 3.32. The van der Waals surface area contributed by atoms with E-state index in [-0.39, 0.29) is 18.5 Å². The lowest BCUT2D eigenvalue weighted by molar-refractivity contribution is -0.157. The number of hydrogen-bond acceptors (Lipinski definition) is 5. The van der Waals surface area contributed by atoms with Crippen molar-refractivity contribution >= 4 is 11.9 Å². The zero-order valence-electron chi connectivity index (χ0n) is 10.8. The van der Waals surface area contributed by atoms with E-state index in [0.29, 0.717) is 13.1 Å². The second-order valence-electron chi connectivity index (χ2n) is 4.49. The van der Waals surface area contributed by atoms with Gasteiger partial charge in [-0.3, -0.25) is 9.59 Å². The van der Waals surface area contributed by atoms with Gasteiger partial charge in [0, 0.05) is 13.1 Å². The summed E-state index contributed by atoms with van der Waals surface area (Å²) in [6.45, 7) is 1.13. The van der Waals surface area contributed by atoms with Gasteiger partial charge < -0.3 is 14.8 Å². The van der Waals surface area contributed by atoms with Crippen molar-refractivity contribution in [2.75, 3.05) is 20.2 Å². The zero-order valence-corrected chi connectivity index (χ0v) is 10.8. The van der Waals surface area contributed by atoms with Crippen molar-refractivity contribution in [3.05, 3.63) is 35.9 Å². The Labute approximate surface area is 111 Å². The van der Waals surface area contributed by atoms with Crippen molar-refractivity contribution in [3.63, 3.8) is 0 Å². The Hall–Kier alpha value is -1.88. The van der Waals surface area contributed by atoms with Crippen molar-refractivity contribution < 1.29 is 19.1 Å². The van der Waals surface area contributed by atoms with Crippen LogP contribution in [0.1, 0.15) is 5.56 Å². The van der Waals surface area contributed by atoms with Crippen LogP contribution in [0.15, 0.2) is 30.3 Å². The van der Waals surface area contributed by atoms with Gasteiger partial charge >= 0.3 is 11.9 Å². The molecule has 1 fully saturated rings. The molecule has 2 atom stereocenters. The quantitative estimate of drug-likeness (QED) is 0.812. The number of hydrogen-bond donors (Lipinski definition) is 1. The highest BCUT2D eigenvalue weighted by atomic mass is 16.5. The van der Waals surface area contributed by atoms with E-state index < -0.39 is 11.8 Å². The Morgan fingerprint density at radius 2 is 1.79 bits per heavy atom. The second kappa shape index (κ2) is 6.33. The van der Waals surface area contributed by atoms with Crippen LogP contribution in [-0.2, 0) is 25.7 Å². The maximum Gasteiger partial charge on any atom is 0.311 e. The van der Waals surface area contributed by atoms with Crippen LogP contribution in [0, 0.1) is 11.8 Å². The van der Waals surface area contributed by atoms with Crippen molar-refractivity contribution in [2.45, 2.75) is 6.61 Å². The Kier molecular flexibility index (Phi) is 4.52. The molecule has 1 aliphatic rings. The number of methoxy groups -OCH3 is 1. The fraction of sp³-hybridized carbons (Fsp3) is 0.429. The van der Waals surface area contributed by atoms with Gasteiger partial charge in [-0.1, -0.05) is 30.3 Å². The van der Waals surface area contributed by atoms with Crippen LogP contribution in [0.3, 0.4) is 0 Å². The number of carbonyl (C=O) groups excluding carboxylic acids is 2. The molecule has 102 valence electrons. The molecule has 1 aromatic rings. The lowest BCUT2D eigenvalue weighted by atomic mass is 9.96. The minimum Gasteiger partial charge on any atom is -0.469 e. The monoisotopic (exact) mass is 263 g/mol. The molecule has 5 nitrogen and oxygen atoms in total. The van der Waals surface area contributed by atoms with Gasteiger partial charge in [0.25, 0.3) is 0 Å². The van der Waals surface area contributed by atoms with Gasteiger partial charge in [-0.05, 0) is 5.56 Å². The highest BCUT2D eigenvalue weighted by molar-refractivity contribution is 5.83. The molecule has 2 unspecified atom stereocenters. The zero-order chi connectivity index (χ0) is 13.7. The van der Waals surface area contributed by atoms with Crippen LogP contribution in [0.5, 0.6) is 0 Å². The molecule has 0 aliphatic carbocycles. The van der Waals surface area contributed by atoms with Gasteiger partial charge in [-0.25, -0.2) is 0 Å². The summed E-state index contributed by atoms with van der Waals surface area (Å²) in [7, 11) is 1.33. The standard InChI is InChI=1S/C14H17NO4/c1-18-13(16)11-7-15-8-12(11)14(17)19-9-10-5-3-2-4-6-10/h2-6,11-12,15H,7-9H2,1H3. The molecule has 0 spiro atoms. The van der Waals surface area contributed by atoms with Crippen LogP contribution in [0.25, 0.3) is 0 Å². The molecule has 0 bridgehead atoms. The molecule has 1 aliphatic heterocycles. The Morgan fingerprint density at radius 3 is 2.42 bits per heavy atom. The van der Waals surface area contributed by atoms with Crippen LogP contribution >= 0.6 is 0 Å². The minimum absolute atomic E-state index is 0.226. The lowest BCUT2D eigenvalue weighted by Gasteiger charge is -2.15. The summed E-state index contributed by atoms with van der Waals surface area (Å²) in [5, 5.41) is 3.02. The fourth-order valence-electron chi connectivity index (χ4n) is 2.16. The van der Waals surface area contributed by atoms with Gasteiger partial charge in [-0.15, -0.1) is 0 Å². The number of ether oxygens (including phenoxy) is 2.